The summed E-state index contributed by atoms with van der Waals surface area (Å²) < 4.78 is 22.9. The second kappa shape index (κ2) is 5.57. The maximum absolute atomic E-state index is 13.0. The first kappa shape index (κ1) is 10.9. The Hall–Kier alpha value is -1.13. The number of nitrogens with two attached hydrogens (primary N) is 1. The van der Waals surface area contributed by atoms with E-state index in [0.29, 0.717) is 18.7 Å². The lowest BCUT2D eigenvalue weighted by Gasteiger charge is -2.06. The maximum Gasteiger partial charge on any atom is 0.188 e. The van der Waals surface area contributed by atoms with Gasteiger partial charge in [-0.15, -0.1) is 0 Å². The highest BCUT2D eigenvalue weighted by Crippen LogP contribution is 2.16. The van der Waals surface area contributed by atoms with Crippen LogP contribution in [0.15, 0.2) is 18.2 Å². The highest BCUT2D eigenvalue weighted by atomic mass is 19.1. The van der Waals surface area contributed by atoms with Gasteiger partial charge in [-0.1, -0.05) is 0 Å². The van der Waals surface area contributed by atoms with Crippen LogP contribution in [0.25, 0.3) is 0 Å². The van der Waals surface area contributed by atoms with Crippen LogP contribution < -0.4 is 10.5 Å². The SMILES string of the molecule is COCOc1cc(F)cc(CCN)c1. The van der Waals surface area contributed by atoms with Gasteiger partial charge in [-0.2, -0.15) is 0 Å². The van der Waals surface area contributed by atoms with Crippen molar-refractivity contribution < 1.29 is 13.9 Å². The highest BCUT2D eigenvalue weighted by Gasteiger charge is 2.01. The Kier molecular flexibility index (Phi) is 4.35. The minimum absolute atomic E-state index is 0.117. The zero-order chi connectivity index (χ0) is 10.4. The van der Waals surface area contributed by atoms with Crippen LogP contribution in [0.1, 0.15) is 5.56 Å². The van der Waals surface area contributed by atoms with E-state index in [-0.39, 0.29) is 12.6 Å². The van der Waals surface area contributed by atoms with Gasteiger partial charge in [0.15, 0.2) is 6.79 Å². The Morgan fingerprint density at radius 2 is 2.14 bits per heavy atom. The summed E-state index contributed by atoms with van der Waals surface area (Å²) in [5.41, 5.74) is 6.20. The molecule has 78 valence electrons. The van der Waals surface area contributed by atoms with E-state index in [1.54, 1.807) is 6.07 Å². The fourth-order valence-corrected chi connectivity index (χ4v) is 1.14. The normalized spacial score (nSPS) is 10.2. The van der Waals surface area contributed by atoms with Crippen LogP contribution in [0.2, 0.25) is 0 Å². The monoisotopic (exact) mass is 199 g/mol. The van der Waals surface area contributed by atoms with Crippen LogP contribution >= 0.6 is 0 Å². The van der Waals surface area contributed by atoms with Crippen molar-refractivity contribution in [3.63, 3.8) is 0 Å². The molecular weight excluding hydrogens is 185 g/mol. The second-order valence-electron chi connectivity index (χ2n) is 2.88. The van der Waals surface area contributed by atoms with Gasteiger partial charge in [-0.05, 0) is 30.7 Å². The van der Waals surface area contributed by atoms with E-state index < -0.39 is 0 Å². The van der Waals surface area contributed by atoms with Gasteiger partial charge in [-0.3, -0.25) is 0 Å². The Bertz CT molecular complexity index is 291. The second-order valence-corrected chi connectivity index (χ2v) is 2.88. The summed E-state index contributed by atoms with van der Waals surface area (Å²) >= 11 is 0. The molecule has 1 aromatic carbocycles. The lowest BCUT2D eigenvalue weighted by molar-refractivity contribution is 0.0508. The summed E-state index contributed by atoms with van der Waals surface area (Å²) in [5.74, 6) is 0.150. The van der Waals surface area contributed by atoms with Gasteiger partial charge in [0.2, 0.25) is 0 Å². The first-order valence-corrected chi connectivity index (χ1v) is 4.37. The van der Waals surface area contributed by atoms with E-state index in [0.717, 1.165) is 5.56 Å². The van der Waals surface area contributed by atoms with Gasteiger partial charge < -0.3 is 15.2 Å². The molecule has 0 atom stereocenters. The van der Waals surface area contributed by atoms with E-state index in [2.05, 4.69) is 0 Å². The van der Waals surface area contributed by atoms with E-state index >= 15 is 0 Å². The third-order valence-corrected chi connectivity index (χ3v) is 1.71. The molecule has 0 spiro atoms. The van der Waals surface area contributed by atoms with Gasteiger partial charge >= 0.3 is 0 Å². The maximum atomic E-state index is 13.0. The molecule has 0 unspecified atom stereocenters. The summed E-state index contributed by atoms with van der Waals surface area (Å²) in [6.45, 7) is 0.610. The zero-order valence-corrected chi connectivity index (χ0v) is 8.13. The molecule has 0 bridgehead atoms. The highest BCUT2D eigenvalue weighted by molar-refractivity contribution is 5.29. The fraction of sp³-hybridized carbons (Fsp3) is 0.400. The van der Waals surface area contributed by atoms with Crippen LogP contribution in [0.5, 0.6) is 5.75 Å². The molecule has 0 aliphatic carbocycles. The molecule has 0 saturated heterocycles. The molecule has 3 nitrogen and oxygen atoms in total. The lowest BCUT2D eigenvalue weighted by Crippen LogP contribution is -2.04. The van der Waals surface area contributed by atoms with Crippen LogP contribution in [0.3, 0.4) is 0 Å². The molecule has 0 aliphatic heterocycles. The number of hydrogen-bond donors (Lipinski definition) is 1. The third kappa shape index (κ3) is 3.32. The number of halogens is 1. The van der Waals surface area contributed by atoms with Crippen molar-refractivity contribution in [2.45, 2.75) is 6.42 Å². The molecule has 14 heavy (non-hydrogen) atoms. The quantitative estimate of drug-likeness (QED) is 0.727. The van der Waals surface area contributed by atoms with Crippen molar-refractivity contribution in [1.29, 1.82) is 0 Å². The average molecular weight is 199 g/mol. The van der Waals surface area contributed by atoms with Crippen molar-refractivity contribution in [1.82, 2.24) is 0 Å². The van der Waals surface area contributed by atoms with Crippen molar-refractivity contribution in [3.05, 3.63) is 29.6 Å². The largest absolute Gasteiger partial charge is 0.467 e. The molecule has 0 aliphatic rings. The Balaban J connectivity index is 2.73. The average Bonchev–Trinajstić information content (AvgIpc) is 2.14. The summed E-state index contributed by atoms with van der Waals surface area (Å²) in [6.07, 6.45) is 0.640. The van der Waals surface area contributed by atoms with E-state index in [9.17, 15) is 4.39 Å². The molecule has 0 aromatic heterocycles. The topological polar surface area (TPSA) is 44.5 Å². The molecule has 4 heteroatoms. The third-order valence-electron chi connectivity index (χ3n) is 1.71. The number of benzene rings is 1. The minimum atomic E-state index is -0.318. The van der Waals surface area contributed by atoms with E-state index in [4.69, 9.17) is 15.2 Å². The summed E-state index contributed by atoms with van der Waals surface area (Å²) in [6, 6.07) is 4.53. The molecule has 0 heterocycles. The summed E-state index contributed by atoms with van der Waals surface area (Å²) in [5, 5.41) is 0. The van der Waals surface area contributed by atoms with Crippen LogP contribution in [0, 0.1) is 5.82 Å². The molecule has 0 saturated carbocycles. The Labute approximate surface area is 82.6 Å². The zero-order valence-electron chi connectivity index (χ0n) is 8.13. The van der Waals surface area contributed by atoms with Gasteiger partial charge in [-0.25, -0.2) is 4.39 Å². The first-order chi connectivity index (χ1) is 6.76. The first-order valence-electron chi connectivity index (χ1n) is 4.37. The Morgan fingerprint density at radius 3 is 2.79 bits per heavy atom. The standard InChI is InChI=1S/C10H14FNO2/c1-13-7-14-10-5-8(2-3-12)4-9(11)6-10/h4-6H,2-3,7,12H2,1H3. The van der Waals surface area contributed by atoms with Gasteiger partial charge in [0.05, 0.1) is 0 Å². The smallest absolute Gasteiger partial charge is 0.188 e. The number of hydrogen-bond acceptors (Lipinski definition) is 3. The van der Waals surface area contributed by atoms with Crippen molar-refractivity contribution in [2.75, 3.05) is 20.4 Å². The Morgan fingerprint density at radius 1 is 1.36 bits per heavy atom. The van der Waals surface area contributed by atoms with Gasteiger partial charge in [0, 0.05) is 13.2 Å². The van der Waals surface area contributed by atoms with Crippen LogP contribution in [-0.4, -0.2) is 20.4 Å². The molecule has 0 radical (unpaired) electrons. The molecule has 0 amide bonds. The lowest BCUT2D eigenvalue weighted by atomic mass is 10.1. The predicted molar refractivity (Wildman–Crippen MR) is 51.7 cm³/mol. The van der Waals surface area contributed by atoms with Crippen LogP contribution in [0.4, 0.5) is 4.39 Å². The van der Waals surface area contributed by atoms with Gasteiger partial charge in [0.1, 0.15) is 11.6 Å². The fourth-order valence-electron chi connectivity index (χ4n) is 1.14. The molecule has 0 fully saturated rings. The van der Waals surface area contributed by atoms with Crippen molar-refractivity contribution in [2.24, 2.45) is 5.73 Å². The molecule has 1 aromatic rings. The number of ether oxygens (including phenoxy) is 2. The van der Waals surface area contributed by atoms with Gasteiger partial charge in [0.25, 0.3) is 0 Å². The van der Waals surface area contributed by atoms with E-state index in [1.165, 1.54) is 19.2 Å². The number of rotatable bonds is 5. The predicted octanol–water partition coefficient (Wildman–Crippen LogP) is 1.31. The minimum Gasteiger partial charge on any atom is -0.467 e. The van der Waals surface area contributed by atoms with Crippen molar-refractivity contribution in [3.8, 4) is 5.75 Å². The van der Waals surface area contributed by atoms with Crippen molar-refractivity contribution >= 4 is 0 Å². The molecule has 1 rings (SSSR count). The van der Waals surface area contributed by atoms with E-state index in [1.807, 2.05) is 0 Å². The molecular formula is C10H14FNO2. The van der Waals surface area contributed by atoms with Crippen LogP contribution in [-0.2, 0) is 11.2 Å². The summed E-state index contributed by atoms with van der Waals surface area (Å²) in [4.78, 5) is 0. The number of methoxy groups -OCH3 is 1. The summed E-state index contributed by atoms with van der Waals surface area (Å²) in [7, 11) is 1.51. The molecule has 2 N–H and O–H groups in total.